The van der Waals surface area contributed by atoms with Crippen LogP contribution in [0.25, 0.3) is 6.08 Å². The lowest BCUT2D eigenvalue weighted by molar-refractivity contribution is 0.0994. The third-order valence-corrected chi connectivity index (χ3v) is 4.48. The Morgan fingerprint density at radius 3 is 2.19 bits per heavy atom. The number of amides is 1. The van der Waals surface area contributed by atoms with Gasteiger partial charge in [0.2, 0.25) is 0 Å². The van der Waals surface area contributed by atoms with Crippen molar-refractivity contribution in [3.8, 4) is 0 Å². The van der Waals surface area contributed by atoms with Crippen molar-refractivity contribution in [1.29, 1.82) is 0 Å². The predicted molar refractivity (Wildman–Crippen MR) is 108 cm³/mol. The summed E-state index contributed by atoms with van der Waals surface area (Å²) in [7, 11) is 0. The molecule has 0 radical (unpaired) electrons. The van der Waals surface area contributed by atoms with E-state index in [1.165, 1.54) is 6.08 Å². The fraction of sp³-hybridized carbons (Fsp3) is 0. The molecule has 0 atom stereocenters. The molecule has 4 nitrogen and oxygen atoms in total. The van der Waals surface area contributed by atoms with Crippen LogP contribution in [0.5, 0.6) is 0 Å². The predicted octanol–water partition coefficient (Wildman–Crippen LogP) is 5.95. The number of hydrogen-bond acceptors (Lipinski definition) is 3. The van der Waals surface area contributed by atoms with Crippen molar-refractivity contribution in [1.82, 2.24) is 0 Å². The first-order chi connectivity index (χ1) is 12.5. The molecule has 2 aromatic carbocycles. The number of rotatable bonds is 5. The standard InChI is InChI=1S/C20H13Br2NO3/c21-15-6-4-14(5-7-15)17(24)10-3-13-1-8-16(9-2-13)23-20(25)18-11-12-19(22)26-18/h1-12H,(H,23,25)/b10-3+. The Morgan fingerprint density at radius 2 is 1.58 bits per heavy atom. The van der Waals surface area contributed by atoms with E-state index in [0.29, 0.717) is 15.9 Å². The monoisotopic (exact) mass is 473 g/mol. The van der Waals surface area contributed by atoms with Gasteiger partial charge in [0.15, 0.2) is 16.2 Å². The molecular formula is C20H13Br2NO3. The average molecular weight is 475 g/mol. The Morgan fingerprint density at radius 1 is 0.885 bits per heavy atom. The fourth-order valence-corrected chi connectivity index (χ4v) is 2.76. The zero-order valence-electron chi connectivity index (χ0n) is 13.4. The summed E-state index contributed by atoms with van der Waals surface area (Å²) in [6.45, 7) is 0. The minimum Gasteiger partial charge on any atom is -0.444 e. The van der Waals surface area contributed by atoms with Crippen molar-refractivity contribution in [2.75, 3.05) is 5.32 Å². The van der Waals surface area contributed by atoms with Gasteiger partial charge in [-0.15, -0.1) is 0 Å². The van der Waals surface area contributed by atoms with Crippen LogP contribution >= 0.6 is 31.9 Å². The number of ketones is 1. The average Bonchev–Trinajstić information content (AvgIpc) is 3.08. The summed E-state index contributed by atoms with van der Waals surface area (Å²) < 4.78 is 6.64. The molecular weight excluding hydrogens is 462 g/mol. The molecule has 0 aliphatic heterocycles. The van der Waals surface area contributed by atoms with Gasteiger partial charge >= 0.3 is 0 Å². The number of anilines is 1. The van der Waals surface area contributed by atoms with E-state index < -0.39 is 0 Å². The topological polar surface area (TPSA) is 59.3 Å². The number of benzene rings is 2. The Labute approximate surface area is 167 Å². The minimum absolute atomic E-state index is 0.0710. The maximum atomic E-state index is 12.1. The molecule has 0 bridgehead atoms. The smallest absolute Gasteiger partial charge is 0.291 e. The number of allylic oxidation sites excluding steroid dienone is 1. The number of hydrogen-bond donors (Lipinski definition) is 1. The maximum absolute atomic E-state index is 12.1. The summed E-state index contributed by atoms with van der Waals surface area (Å²) >= 11 is 6.50. The number of carbonyl (C=O) groups excluding carboxylic acids is 2. The Hall–Kier alpha value is -2.44. The van der Waals surface area contributed by atoms with E-state index in [4.69, 9.17) is 4.42 Å². The van der Waals surface area contributed by atoms with E-state index >= 15 is 0 Å². The van der Waals surface area contributed by atoms with Crippen molar-refractivity contribution in [2.45, 2.75) is 0 Å². The van der Waals surface area contributed by atoms with E-state index in [0.717, 1.165) is 10.0 Å². The van der Waals surface area contributed by atoms with Crippen LogP contribution in [0, 0.1) is 0 Å². The van der Waals surface area contributed by atoms with Crippen LogP contribution in [0.3, 0.4) is 0 Å². The summed E-state index contributed by atoms with van der Waals surface area (Å²) in [5.74, 6) is -0.177. The molecule has 1 heterocycles. The normalized spacial score (nSPS) is 10.8. The van der Waals surface area contributed by atoms with Gasteiger partial charge in [-0.3, -0.25) is 9.59 Å². The molecule has 130 valence electrons. The van der Waals surface area contributed by atoms with E-state index in [-0.39, 0.29) is 17.5 Å². The van der Waals surface area contributed by atoms with Gasteiger partial charge in [-0.1, -0.05) is 34.1 Å². The maximum Gasteiger partial charge on any atom is 0.291 e. The fourth-order valence-electron chi connectivity index (χ4n) is 2.19. The molecule has 1 aromatic heterocycles. The van der Waals surface area contributed by atoms with Crippen molar-refractivity contribution in [2.24, 2.45) is 0 Å². The summed E-state index contributed by atoms with van der Waals surface area (Å²) in [5, 5.41) is 2.75. The van der Waals surface area contributed by atoms with Gasteiger partial charge in [0.1, 0.15) is 0 Å². The lowest BCUT2D eigenvalue weighted by Crippen LogP contribution is -2.10. The first-order valence-corrected chi connectivity index (χ1v) is 9.24. The lowest BCUT2D eigenvalue weighted by Gasteiger charge is -2.03. The highest BCUT2D eigenvalue weighted by Gasteiger charge is 2.10. The molecule has 26 heavy (non-hydrogen) atoms. The van der Waals surface area contributed by atoms with Crippen molar-refractivity contribution < 1.29 is 14.0 Å². The van der Waals surface area contributed by atoms with Crippen LogP contribution in [0.4, 0.5) is 5.69 Å². The van der Waals surface area contributed by atoms with Gasteiger partial charge in [0.25, 0.3) is 5.91 Å². The highest BCUT2D eigenvalue weighted by atomic mass is 79.9. The highest BCUT2D eigenvalue weighted by molar-refractivity contribution is 9.10. The number of carbonyl (C=O) groups is 2. The molecule has 0 aliphatic carbocycles. The quantitative estimate of drug-likeness (QED) is 0.367. The van der Waals surface area contributed by atoms with Crippen molar-refractivity contribution >= 4 is 55.3 Å². The van der Waals surface area contributed by atoms with Gasteiger partial charge < -0.3 is 9.73 Å². The van der Waals surface area contributed by atoms with E-state index in [9.17, 15) is 9.59 Å². The lowest BCUT2D eigenvalue weighted by atomic mass is 10.1. The molecule has 0 fully saturated rings. The molecule has 0 saturated carbocycles. The molecule has 1 amide bonds. The van der Waals surface area contributed by atoms with Gasteiger partial charge in [-0.05, 0) is 76.1 Å². The highest BCUT2D eigenvalue weighted by Crippen LogP contribution is 2.17. The van der Waals surface area contributed by atoms with Crippen LogP contribution in [0.1, 0.15) is 26.5 Å². The summed E-state index contributed by atoms with van der Waals surface area (Å²) in [5.41, 5.74) is 2.12. The molecule has 0 spiro atoms. The first-order valence-electron chi connectivity index (χ1n) is 7.66. The number of halogens is 2. The Bertz CT molecular complexity index is 957. The first kappa shape index (κ1) is 18.4. The van der Waals surface area contributed by atoms with Crippen molar-refractivity contribution in [3.63, 3.8) is 0 Å². The van der Waals surface area contributed by atoms with Crippen LogP contribution < -0.4 is 5.32 Å². The van der Waals surface area contributed by atoms with Crippen LogP contribution in [-0.4, -0.2) is 11.7 Å². The second kappa shape index (κ2) is 8.29. The van der Waals surface area contributed by atoms with Gasteiger partial charge in [0.05, 0.1) is 0 Å². The van der Waals surface area contributed by atoms with E-state index in [1.54, 1.807) is 42.5 Å². The Balaban J connectivity index is 1.63. The molecule has 3 aromatic rings. The second-order valence-electron chi connectivity index (χ2n) is 5.38. The van der Waals surface area contributed by atoms with Crippen molar-refractivity contribution in [3.05, 3.63) is 92.8 Å². The zero-order chi connectivity index (χ0) is 18.5. The third kappa shape index (κ3) is 4.80. The zero-order valence-corrected chi connectivity index (χ0v) is 16.6. The largest absolute Gasteiger partial charge is 0.444 e. The molecule has 0 aliphatic rings. The number of nitrogens with one attached hydrogen (secondary N) is 1. The van der Waals surface area contributed by atoms with Crippen LogP contribution in [0.15, 0.2) is 80.3 Å². The molecule has 6 heteroatoms. The van der Waals surface area contributed by atoms with Gasteiger partial charge in [-0.25, -0.2) is 0 Å². The van der Waals surface area contributed by atoms with E-state index in [2.05, 4.69) is 37.2 Å². The molecule has 0 unspecified atom stereocenters. The second-order valence-corrected chi connectivity index (χ2v) is 7.08. The van der Waals surface area contributed by atoms with E-state index in [1.807, 2.05) is 24.3 Å². The SMILES string of the molecule is O=C(/C=C/c1ccc(NC(=O)c2ccc(Br)o2)cc1)c1ccc(Br)cc1. The third-order valence-electron chi connectivity index (χ3n) is 3.52. The summed E-state index contributed by atoms with van der Waals surface area (Å²) in [6, 6.07) is 17.6. The number of furan rings is 1. The molecule has 0 saturated heterocycles. The Kier molecular flexibility index (Phi) is 5.85. The van der Waals surface area contributed by atoms with Crippen LogP contribution in [0.2, 0.25) is 0 Å². The molecule has 3 rings (SSSR count). The van der Waals surface area contributed by atoms with Gasteiger partial charge in [0, 0.05) is 15.7 Å². The minimum atomic E-state index is -0.329. The summed E-state index contributed by atoms with van der Waals surface area (Å²) in [4.78, 5) is 24.1. The summed E-state index contributed by atoms with van der Waals surface area (Å²) in [6.07, 6.45) is 3.26. The van der Waals surface area contributed by atoms with Crippen LogP contribution in [-0.2, 0) is 0 Å². The molecule has 1 N–H and O–H groups in total. The van der Waals surface area contributed by atoms with Gasteiger partial charge in [-0.2, -0.15) is 0 Å².